The number of hydrogen-bond donors (Lipinski definition) is 2. The van der Waals surface area contributed by atoms with Crippen LogP contribution in [0, 0.1) is 0 Å². The number of rotatable bonds is 7. The predicted molar refractivity (Wildman–Crippen MR) is 104 cm³/mol. The van der Waals surface area contributed by atoms with Crippen LogP contribution in [0.3, 0.4) is 0 Å². The first-order chi connectivity index (χ1) is 13.1. The smallest absolute Gasteiger partial charge is 0.255 e. The average Bonchev–Trinajstić information content (AvgIpc) is 3.23. The Morgan fingerprint density at radius 3 is 2.74 bits per heavy atom. The number of hydrogen-bond acceptors (Lipinski definition) is 4. The third-order valence-electron chi connectivity index (χ3n) is 3.81. The monoisotopic (exact) mass is 402 g/mol. The molecule has 0 aliphatic rings. The molecule has 2 heterocycles. The van der Waals surface area contributed by atoms with E-state index in [4.69, 9.17) is 27.9 Å². The van der Waals surface area contributed by atoms with Gasteiger partial charge in [-0.1, -0.05) is 35.9 Å². The molecule has 1 unspecified atom stereocenters. The molecule has 1 aromatic carbocycles. The van der Waals surface area contributed by atoms with Gasteiger partial charge >= 0.3 is 0 Å². The topological polar surface area (TPSA) is 79.9 Å². The molecule has 2 aromatic heterocycles. The molecular weight excluding hydrogens is 387 g/mol. The normalized spacial score (nSPS) is 11.6. The second-order valence-corrected chi connectivity index (χ2v) is 6.33. The lowest BCUT2D eigenvalue weighted by Gasteiger charge is -2.23. The molecule has 6 nitrogen and oxygen atoms in total. The van der Waals surface area contributed by atoms with Crippen molar-refractivity contribution in [2.75, 3.05) is 6.61 Å². The Bertz CT molecular complexity index is 930. The summed E-state index contributed by atoms with van der Waals surface area (Å²) in [6.45, 7) is 3.94. The van der Waals surface area contributed by atoms with Crippen molar-refractivity contribution in [3.63, 3.8) is 0 Å². The minimum absolute atomic E-state index is 0.281. The molecular formula is C19H16Cl2N4O2. The highest BCUT2D eigenvalue weighted by molar-refractivity contribution is 6.42. The Morgan fingerprint density at radius 2 is 2.07 bits per heavy atom. The van der Waals surface area contributed by atoms with E-state index in [1.807, 2.05) is 0 Å². The summed E-state index contributed by atoms with van der Waals surface area (Å²) in [5, 5.41) is 10.0. The first-order valence-electron chi connectivity index (χ1n) is 8.03. The van der Waals surface area contributed by atoms with Crippen molar-refractivity contribution in [3.05, 3.63) is 88.4 Å². The van der Waals surface area contributed by atoms with Crippen LogP contribution >= 0.6 is 23.2 Å². The molecule has 138 valence electrons. The van der Waals surface area contributed by atoms with E-state index in [2.05, 4.69) is 27.1 Å². The highest BCUT2D eigenvalue weighted by atomic mass is 35.5. The third-order valence-corrected chi connectivity index (χ3v) is 4.63. The van der Waals surface area contributed by atoms with Crippen molar-refractivity contribution in [2.45, 2.75) is 6.04 Å². The van der Waals surface area contributed by atoms with Gasteiger partial charge in [-0.3, -0.25) is 14.9 Å². The summed E-state index contributed by atoms with van der Waals surface area (Å²) in [7, 11) is 0. The molecule has 0 saturated heterocycles. The number of benzene rings is 1. The summed E-state index contributed by atoms with van der Waals surface area (Å²) in [5.74, 6) is 0.176. The zero-order chi connectivity index (χ0) is 19.2. The van der Waals surface area contributed by atoms with Gasteiger partial charge in [-0.05, 0) is 29.8 Å². The molecule has 1 atom stereocenters. The maximum Gasteiger partial charge on any atom is 0.255 e. The van der Waals surface area contributed by atoms with E-state index in [1.165, 1.54) is 12.4 Å². The molecule has 0 fully saturated rings. The molecule has 8 heteroatoms. The molecule has 0 aliphatic carbocycles. The lowest BCUT2D eigenvalue weighted by Crippen LogP contribution is -2.29. The Hall–Kier alpha value is -2.83. The third kappa shape index (κ3) is 4.30. The number of aromatic amines is 1. The number of ether oxygens (including phenoxy) is 1. The second kappa shape index (κ2) is 8.70. The van der Waals surface area contributed by atoms with Crippen LogP contribution in [-0.4, -0.2) is 27.7 Å². The molecule has 0 bridgehead atoms. The second-order valence-electron chi connectivity index (χ2n) is 5.55. The first-order valence-corrected chi connectivity index (χ1v) is 8.78. The number of H-pyrrole nitrogens is 1. The van der Waals surface area contributed by atoms with E-state index >= 15 is 0 Å². The minimum atomic E-state index is -0.610. The molecule has 2 N–H and O–H groups in total. The largest absolute Gasteiger partial charge is 0.489 e. The quantitative estimate of drug-likeness (QED) is 0.580. The fraction of sp³-hybridized carbons (Fsp3) is 0.105. The molecule has 1 amide bonds. The van der Waals surface area contributed by atoms with Crippen LogP contribution in [0.15, 0.2) is 61.7 Å². The number of nitrogens with one attached hydrogen (secondary N) is 2. The van der Waals surface area contributed by atoms with Gasteiger partial charge in [-0.2, -0.15) is 5.10 Å². The van der Waals surface area contributed by atoms with Gasteiger partial charge in [0.15, 0.2) is 0 Å². The van der Waals surface area contributed by atoms with Crippen LogP contribution in [0.4, 0.5) is 0 Å². The molecule has 3 aromatic rings. The number of aromatic nitrogens is 3. The number of carbonyl (C=O) groups is 1. The number of carbonyl (C=O) groups excluding carboxylic acids is 1. The van der Waals surface area contributed by atoms with Crippen molar-refractivity contribution < 1.29 is 9.53 Å². The lowest BCUT2D eigenvalue weighted by molar-refractivity contribution is 0.0942. The van der Waals surface area contributed by atoms with Crippen molar-refractivity contribution in [2.24, 2.45) is 0 Å². The van der Waals surface area contributed by atoms with Gasteiger partial charge < -0.3 is 10.1 Å². The highest BCUT2D eigenvalue weighted by Gasteiger charge is 2.25. The predicted octanol–water partition coefficient (Wildman–Crippen LogP) is 4.20. The molecule has 0 radical (unpaired) electrons. The molecule has 27 heavy (non-hydrogen) atoms. The van der Waals surface area contributed by atoms with Gasteiger partial charge in [0.25, 0.3) is 5.91 Å². The number of amides is 1. The summed E-state index contributed by atoms with van der Waals surface area (Å²) in [5.41, 5.74) is 1.71. The number of halogens is 2. The van der Waals surface area contributed by atoms with Crippen molar-refractivity contribution in [3.8, 4) is 5.75 Å². The van der Waals surface area contributed by atoms with Gasteiger partial charge in [0.05, 0.1) is 27.8 Å². The van der Waals surface area contributed by atoms with Crippen LogP contribution in [0.2, 0.25) is 10.0 Å². The van der Waals surface area contributed by atoms with E-state index in [0.717, 1.165) is 5.56 Å². The Balaban J connectivity index is 2.09. The lowest BCUT2D eigenvalue weighted by atomic mass is 9.98. The minimum Gasteiger partial charge on any atom is -0.489 e. The Labute approximate surface area is 166 Å². The van der Waals surface area contributed by atoms with Crippen molar-refractivity contribution in [1.82, 2.24) is 20.5 Å². The van der Waals surface area contributed by atoms with Gasteiger partial charge in [0.2, 0.25) is 0 Å². The number of pyridine rings is 1. The fourth-order valence-electron chi connectivity index (χ4n) is 2.56. The molecule has 0 aliphatic heterocycles. The maximum atomic E-state index is 12.7. The summed E-state index contributed by atoms with van der Waals surface area (Å²) >= 11 is 12.7. The fourth-order valence-corrected chi connectivity index (χ4v) is 2.99. The van der Waals surface area contributed by atoms with Gasteiger partial charge in [-0.25, -0.2) is 0 Å². The van der Waals surface area contributed by atoms with E-state index in [0.29, 0.717) is 26.9 Å². The molecule has 0 saturated carbocycles. The van der Waals surface area contributed by atoms with Crippen LogP contribution in [-0.2, 0) is 0 Å². The van der Waals surface area contributed by atoms with Crippen LogP contribution in [0.25, 0.3) is 0 Å². The SMILES string of the molecule is C=CCOc1ccc(Cl)c(Cl)c1C(NC(=O)c1cn[nH]c1)c1ccncc1. The van der Waals surface area contributed by atoms with Gasteiger partial charge in [0, 0.05) is 24.2 Å². The average molecular weight is 403 g/mol. The van der Waals surface area contributed by atoms with Crippen LogP contribution < -0.4 is 10.1 Å². The van der Waals surface area contributed by atoms with E-state index in [1.54, 1.807) is 42.7 Å². The highest BCUT2D eigenvalue weighted by Crippen LogP contribution is 2.40. The van der Waals surface area contributed by atoms with Crippen LogP contribution in [0.1, 0.15) is 27.5 Å². The molecule has 0 spiro atoms. The van der Waals surface area contributed by atoms with Gasteiger partial charge in [-0.15, -0.1) is 0 Å². The summed E-state index contributed by atoms with van der Waals surface area (Å²) < 4.78 is 5.75. The standard InChI is InChI=1S/C19H16Cl2N4O2/c1-2-9-27-15-4-3-14(20)17(21)16(15)18(12-5-7-22-8-6-12)25-19(26)13-10-23-24-11-13/h2-8,10-11,18H,1,9H2,(H,23,24)(H,25,26). The van der Waals surface area contributed by atoms with Crippen molar-refractivity contribution >= 4 is 29.1 Å². The van der Waals surface area contributed by atoms with Crippen molar-refractivity contribution in [1.29, 1.82) is 0 Å². The number of nitrogens with zero attached hydrogens (tertiary/aromatic N) is 2. The summed E-state index contributed by atoms with van der Waals surface area (Å²) in [6.07, 6.45) is 7.84. The van der Waals surface area contributed by atoms with E-state index < -0.39 is 6.04 Å². The van der Waals surface area contributed by atoms with E-state index in [9.17, 15) is 4.79 Å². The zero-order valence-electron chi connectivity index (χ0n) is 14.2. The maximum absolute atomic E-state index is 12.7. The summed E-state index contributed by atoms with van der Waals surface area (Å²) in [6, 6.07) is 6.32. The first kappa shape index (κ1) is 18.9. The van der Waals surface area contributed by atoms with Gasteiger partial charge in [0.1, 0.15) is 12.4 Å². The Morgan fingerprint density at radius 1 is 1.30 bits per heavy atom. The Kier molecular flexibility index (Phi) is 6.11. The van der Waals surface area contributed by atoms with Crippen LogP contribution in [0.5, 0.6) is 5.75 Å². The molecule has 3 rings (SSSR count). The zero-order valence-corrected chi connectivity index (χ0v) is 15.7. The van der Waals surface area contributed by atoms with E-state index in [-0.39, 0.29) is 12.5 Å². The summed E-state index contributed by atoms with van der Waals surface area (Å²) in [4.78, 5) is 16.7.